The topological polar surface area (TPSA) is 107 Å². The summed E-state index contributed by atoms with van der Waals surface area (Å²) in [6.07, 6.45) is -0.468. The largest absolute Gasteiger partial charge is 0.386 e. The van der Waals surface area contributed by atoms with Gasteiger partial charge < -0.3 is 5.11 Å². The van der Waals surface area contributed by atoms with Crippen LogP contribution in [0.5, 0.6) is 0 Å². The predicted molar refractivity (Wildman–Crippen MR) is 61.9 cm³/mol. The monoisotopic (exact) mass is 248 g/mol. The van der Waals surface area contributed by atoms with Crippen LogP contribution < -0.4 is 0 Å². The van der Waals surface area contributed by atoms with Crippen LogP contribution in [0.15, 0.2) is 0 Å². The Morgan fingerprint density at radius 1 is 1.06 bits per heavy atom. The highest BCUT2D eigenvalue weighted by Crippen LogP contribution is 2.19. The van der Waals surface area contributed by atoms with Gasteiger partial charge in [0, 0.05) is 28.6 Å². The number of hydrogen-bond donors (Lipinski definition) is 1. The molecule has 0 aromatic carbocycles. The highest BCUT2D eigenvalue weighted by atomic mass is 16.6. The minimum absolute atomic E-state index is 0.0823. The number of aliphatic hydroxyl groups is 1. The molecule has 0 spiro atoms. The second-order valence-electron chi connectivity index (χ2n) is 4.30. The molecule has 0 bridgehead atoms. The molecule has 0 radical (unpaired) electrons. The molecule has 0 heterocycles. The van der Waals surface area contributed by atoms with Crippen LogP contribution in [0.3, 0.4) is 0 Å². The fraction of sp³-hybridized carbons (Fsp3) is 1.00. The molecule has 17 heavy (non-hydrogen) atoms. The first-order chi connectivity index (χ1) is 7.84. The Labute approximate surface area is 100 Å². The molecule has 7 heteroatoms. The van der Waals surface area contributed by atoms with Crippen molar-refractivity contribution in [2.24, 2.45) is 5.92 Å². The van der Waals surface area contributed by atoms with Crippen molar-refractivity contribution < 1.29 is 15.0 Å². The van der Waals surface area contributed by atoms with Gasteiger partial charge in [-0.3, -0.25) is 20.2 Å². The lowest BCUT2D eigenvalue weighted by Gasteiger charge is -2.20. The molecule has 0 aliphatic carbocycles. The fourth-order valence-corrected chi connectivity index (χ4v) is 2.02. The van der Waals surface area contributed by atoms with Crippen LogP contribution >= 0.6 is 0 Å². The third-order valence-corrected chi connectivity index (χ3v) is 3.09. The van der Waals surface area contributed by atoms with E-state index >= 15 is 0 Å². The van der Waals surface area contributed by atoms with Crippen molar-refractivity contribution in [1.82, 2.24) is 0 Å². The first kappa shape index (κ1) is 15.8. The van der Waals surface area contributed by atoms with Crippen LogP contribution in [-0.4, -0.2) is 33.1 Å². The van der Waals surface area contributed by atoms with Crippen LogP contribution in [0.25, 0.3) is 0 Å². The predicted octanol–water partition coefficient (Wildman–Crippen LogP) is 1.48. The molecule has 0 unspecified atom stereocenters. The Bertz CT molecular complexity index is 245. The van der Waals surface area contributed by atoms with Gasteiger partial charge in [0.25, 0.3) is 0 Å². The van der Waals surface area contributed by atoms with E-state index in [9.17, 15) is 25.3 Å². The van der Waals surface area contributed by atoms with Crippen molar-refractivity contribution in [3.8, 4) is 0 Å². The Kier molecular flexibility index (Phi) is 6.64. The average Bonchev–Trinajstić information content (AvgIpc) is 2.17. The Morgan fingerprint density at radius 2 is 1.47 bits per heavy atom. The Hall–Kier alpha value is -1.24. The van der Waals surface area contributed by atoms with Gasteiger partial charge in [-0.2, -0.15) is 0 Å². The van der Waals surface area contributed by atoms with E-state index in [0.29, 0.717) is 6.42 Å². The summed E-state index contributed by atoms with van der Waals surface area (Å²) in [5, 5.41) is 31.1. The van der Waals surface area contributed by atoms with Crippen molar-refractivity contribution in [3.05, 3.63) is 20.2 Å². The van der Waals surface area contributed by atoms with Gasteiger partial charge in [0.15, 0.2) is 0 Å². The molecule has 0 saturated heterocycles. The quantitative estimate of drug-likeness (QED) is 0.517. The number of aliphatic hydroxyl groups excluding tert-OH is 1. The zero-order valence-electron chi connectivity index (χ0n) is 10.4. The number of nitro groups is 2. The number of hydrogen-bond acceptors (Lipinski definition) is 5. The van der Waals surface area contributed by atoms with Gasteiger partial charge in [0.05, 0.1) is 0 Å². The summed E-state index contributed by atoms with van der Waals surface area (Å²) in [6, 6.07) is -1.80. The highest BCUT2D eigenvalue weighted by Gasteiger charge is 2.34. The van der Waals surface area contributed by atoms with Gasteiger partial charge in [0.2, 0.25) is 12.1 Å². The third-order valence-electron chi connectivity index (χ3n) is 3.09. The summed E-state index contributed by atoms with van der Waals surface area (Å²) in [4.78, 5) is 20.4. The zero-order valence-corrected chi connectivity index (χ0v) is 10.4. The van der Waals surface area contributed by atoms with Crippen molar-refractivity contribution in [1.29, 1.82) is 0 Å². The SMILES string of the molecule is CC[C@H]([C@H](C)C[C@@H](O)[C@H](CC)[N+](=O)[O-])[N+](=O)[O-]. The van der Waals surface area contributed by atoms with E-state index in [2.05, 4.69) is 0 Å². The van der Waals surface area contributed by atoms with Crippen LogP contribution in [0.1, 0.15) is 40.0 Å². The van der Waals surface area contributed by atoms with E-state index in [1.165, 1.54) is 0 Å². The second kappa shape index (κ2) is 7.16. The van der Waals surface area contributed by atoms with E-state index in [4.69, 9.17) is 0 Å². The second-order valence-corrected chi connectivity index (χ2v) is 4.30. The maximum Gasteiger partial charge on any atom is 0.238 e. The first-order valence-electron chi connectivity index (χ1n) is 5.80. The van der Waals surface area contributed by atoms with E-state index in [1.54, 1.807) is 20.8 Å². The lowest BCUT2D eigenvalue weighted by atomic mass is 9.91. The van der Waals surface area contributed by atoms with E-state index in [-0.39, 0.29) is 23.7 Å². The minimum Gasteiger partial charge on any atom is -0.386 e. The average molecular weight is 248 g/mol. The summed E-state index contributed by atoms with van der Waals surface area (Å²) in [5.74, 6) is -0.376. The summed E-state index contributed by atoms with van der Waals surface area (Å²) < 4.78 is 0. The molecule has 0 aromatic rings. The molecule has 4 atom stereocenters. The molecular weight excluding hydrogens is 228 g/mol. The molecule has 0 aliphatic rings. The van der Waals surface area contributed by atoms with Gasteiger partial charge in [0.1, 0.15) is 6.10 Å². The van der Waals surface area contributed by atoms with E-state index in [1.807, 2.05) is 0 Å². The third kappa shape index (κ3) is 4.64. The van der Waals surface area contributed by atoms with Gasteiger partial charge >= 0.3 is 0 Å². The summed E-state index contributed by atoms with van der Waals surface area (Å²) in [7, 11) is 0. The maximum atomic E-state index is 10.7. The molecule has 1 N–H and O–H groups in total. The normalized spacial score (nSPS) is 18.1. The van der Waals surface area contributed by atoms with Crippen molar-refractivity contribution >= 4 is 0 Å². The summed E-state index contributed by atoms with van der Waals surface area (Å²) in [6.45, 7) is 4.96. The molecular formula is C10H20N2O5. The van der Waals surface area contributed by atoms with Crippen molar-refractivity contribution in [3.63, 3.8) is 0 Å². The maximum absolute atomic E-state index is 10.7. The molecule has 0 amide bonds. The standard InChI is InChI=1S/C10H20N2O5/c1-4-8(11(14)15)7(3)6-10(13)9(5-2)12(16)17/h7-10,13H,4-6H2,1-3H3/t7-,8-,9+,10-/m1/s1. The first-order valence-corrected chi connectivity index (χ1v) is 5.80. The molecule has 100 valence electrons. The van der Waals surface area contributed by atoms with Crippen LogP contribution in [0.2, 0.25) is 0 Å². The lowest BCUT2D eigenvalue weighted by molar-refractivity contribution is -0.541. The molecule has 7 nitrogen and oxygen atoms in total. The lowest BCUT2D eigenvalue weighted by Crippen LogP contribution is -2.37. The van der Waals surface area contributed by atoms with Crippen molar-refractivity contribution in [2.45, 2.75) is 58.2 Å². The molecule has 0 saturated carbocycles. The van der Waals surface area contributed by atoms with Crippen molar-refractivity contribution in [2.75, 3.05) is 0 Å². The zero-order chi connectivity index (χ0) is 13.6. The number of nitrogens with zero attached hydrogens (tertiary/aromatic N) is 2. The summed E-state index contributed by atoms with van der Waals surface area (Å²) in [5.41, 5.74) is 0. The molecule has 0 aromatic heterocycles. The number of rotatable bonds is 8. The van der Waals surface area contributed by atoms with Gasteiger partial charge in [-0.05, 0) is 6.42 Å². The van der Waals surface area contributed by atoms with Crippen LogP contribution in [0.4, 0.5) is 0 Å². The van der Waals surface area contributed by atoms with Gasteiger partial charge in [-0.15, -0.1) is 0 Å². The summed E-state index contributed by atoms with van der Waals surface area (Å²) >= 11 is 0. The Morgan fingerprint density at radius 3 is 1.76 bits per heavy atom. The fourth-order valence-electron chi connectivity index (χ4n) is 2.02. The minimum atomic E-state index is -1.13. The molecule has 0 fully saturated rings. The van der Waals surface area contributed by atoms with Gasteiger partial charge in [-0.25, -0.2) is 0 Å². The van der Waals surface area contributed by atoms with E-state index < -0.39 is 23.1 Å². The highest BCUT2D eigenvalue weighted by molar-refractivity contribution is 4.73. The smallest absolute Gasteiger partial charge is 0.238 e. The van der Waals surface area contributed by atoms with Gasteiger partial charge in [-0.1, -0.05) is 20.8 Å². The van der Waals surface area contributed by atoms with E-state index in [0.717, 1.165) is 0 Å². The van der Waals surface area contributed by atoms with Crippen LogP contribution in [0, 0.1) is 26.1 Å². The van der Waals surface area contributed by atoms with Crippen LogP contribution in [-0.2, 0) is 0 Å². The molecule has 0 aliphatic heterocycles. The molecule has 0 rings (SSSR count). The Balaban J connectivity index is 4.50.